The van der Waals surface area contributed by atoms with Crippen LogP contribution in [-0.2, 0) is 16.1 Å². The summed E-state index contributed by atoms with van der Waals surface area (Å²) < 4.78 is 23.8. The number of nitrogens with one attached hydrogen (secondary N) is 2. The first kappa shape index (κ1) is 20.6. The van der Waals surface area contributed by atoms with E-state index in [0.717, 1.165) is 11.6 Å². The zero-order valence-electron chi connectivity index (χ0n) is 16.5. The van der Waals surface area contributed by atoms with Crippen LogP contribution < -0.4 is 15.4 Å². The highest BCUT2D eigenvalue weighted by molar-refractivity contribution is 6.30. The molecule has 2 aromatic rings. The van der Waals surface area contributed by atoms with Crippen molar-refractivity contribution in [3.63, 3.8) is 0 Å². The average molecular weight is 433 g/mol. The summed E-state index contributed by atoms with van der Waals surface area (Å²) in [7, 11) is 1.63. The Bertz CT molecular complexity index is 960. The van der Waals surface area contributed by atoms with Crippen molar-refractivity contribution in [2.75, 3.05) is 13.7 Å². The molecule has 3 fully saturated rings. The zero-order valence-corrected chi connectivity index (χ0v) is 17.2. The summed E-state index contributed by atoms with van der Waals surface area (Å²) in [5.41, 5.74) is 1.06. The molecule has 3 aliphatic rings. The average Bonchev–Trinajstić information content (AvgIpc) is 2.67. The van der Waals surface area contributed by atoms with E-state index >= 15 is 0 Å². The summed E-state index contributed by atoms with van der Waals surface area (Å²) in [5, 5.41) is 6.05. The topological polar surface area (TPSA) is 76.7 Å². The van der Waals surface area contributed by atoms with Crippen LogP contribution >= 0.6 is 11.6 Å². The highest BCUT2D eigenvalue weighted by Crippen LogP contribution is 2.60. The van der Waals surface area contributed by atoms with E-state index in [1.54, 1.807) is 19.2 Å². The Hall–Kier alpha value is -2.64. The van der Waals surface area contributed by atoms with Crippen LogP contribution in [-0.4, -0.2) is 36.6 Å². The normalized spacial score (nSPS) is 23.7. The van der Waals surface area contributed by atoms with Crippen LogP contribution in [0.25, 0.3) is 0 Å². The Balaban J connectivity index is 1.22. The molecule has 158 valence electrons. The van der Waals surface area contributed by atoms with Crippen LogP contribution in [0.2, 0.25) is 5.02 Å². The first-order chi connectivity index (χ1) is 14.3. The van der Waals surface area contributed by atoms with Crippen LogP contribution in [0.1, 0.15) is 35.2 Å². The highest BCUT2D eigenvalue weighted by Gasteiger charge is 2.69. The van der Waals surface area contributed by atoms with E-state index in [1.165, 1.54) is 12.1 Å². The maximum absolute atomic E-state index is 13.4. The third kappa shape index (κ3) is 4.13. The second-order valence-electron chi connectivity index (χ2n) is 8.09. The molecule has 5 rings (SSSR count). The van der Waals surface area contributed by atoms with Gasteiger partial charge < -0.3 is 20.1 Å². The summed E-state index contributed by atoms with van der Waals surface area (Å²) in [6, 6.07) is 11.3. The van der Waals surface area contributed by atoms with E-state index in [9.17, 15) is 14.0 Å². The Morgan fingerprint density at radius 2 is 1.73 bits per heavy atom. The Morgan fingerprint density at radius 1 is 1.07 bits per heavy atom. The van der Waals surface area contributed by atoms with Crippen molar-refractivity contribution in [1.29, 1.82) is 0 Å². The minimum atomic E-state index is -0.597. The van der Waals surface area contributed by atoms with Crippen molar-refractivity contribution in [1.82, 2.24) is 10.6 Å². The van der Waals surface area contributed by atoms with Gasteiger partial charge in [0, 0.05) is 29.8 Å². The monoisotopic (exact) mass is 432 g/mol. The summed E-state index contributed by atoms with van der Waals surface area (Å²) in [5.74, 6) is -0.754. The van der Waals surface area contributed by atoms with Gasteiger partial charge >= 0.3 is 0 Å². The fourth-order valence-electron chi connectivity index (χ4n) is 4.33. The molecule has 0 heterocycles. The number of hydrogen-bond acceptors (Lipinski definition) is 4. The van der Waals surface area contributed by atoms with Gasteiger partial charge in [-0.2, -0.15) is 0 Å². The second-order valence-corrected chi connectivity index (χ2v) is 8.50. The number of hydrogen-bond donors (Lipinski definition) is 2. The molecule has 0 aliphatic heterocycles. The lowest BCUT2D eigenvalue weighted by Gasteiger charge is -2.70. The predicted octanol–water partition coefficient (Wildman–Crippen LogP) is 3.23. The van der Waals surface area contributed by atoms with Gasteiger partial charge in [-0.3, -0.25) is 9.59 Å². The third-order valence-electron chi connectivity index (χ3n) is 5.60. The Kier molecular flexibility index (Phi) is 5.42. The van der Waals surface area contributed by atoms with E-state index in [1.807, 2.05) is 12.1 Å². The maximum Gasteiger partial charge on any atom is 0.258 e. The van der Waals surface area contributed by atoms with Crippen molar-refractivity contribution in [2.45, 2.75) is 36.9 Å². The molecule has 0 radical (unpaired) electrons. The summed E-state index contributed by atoms with van der Waals surface area (Å²) in [6.07, 6.45) is 2.07. The van der Waals surface area contributed by atoms with Gasteiger partial charge in [0.25, 0.3) is 11.8 Å². The van der Waals surface area contributed by atoms with Crippen LogP contribution in [0.3, 0.4) is 0 Å². The van der Waals surface area contributed by atoms with Gasteiger partial charge in [-0.15, -0.1) is 0 Å². The van der Waals surface area contributed by atoms with Crippen molar-refractivity contribution < 1.29 is 23.5 Å². The van der Waals surface area contributed by atoms with Gasteiger partial charge in [-0.1, -0.05) is 23.7 Å². The maximum atomic E-state index is 13.4. The molecule has 8 heteroatoms. The number of benzene rings is 2. The third-order valence-corrected chi connectivity index (χ3v) is 5.91. The Morgan fingerprint density at radius 3 is 2.37 bits per heavy atom. The molecule has 3 saturated carbocycles. The molecule has 0 unspecified atom stereocenters. The van der Waals surface area contributed by atoms with Gasteiger partial charge in [-0.25, -0.2) is 4.39 Å². The molecule has 0 aromatic heterocycles. The number of rotatable bonds is 8. The Labute approximate surface area is 178 Å². The molecule has 0 spiro atoms. The number of halogens is 2. The SMILES string of the molecule is COCc1ccc(C(=O)NC23CC(NC(=O)COc4ccc(Cl)c(F)c4)(C2)C3)cc1. The van der Waals surface area contributed by atoms with Crippen molar-refractivity contribution >= 4 is 23.4 Å². The molecular weight excluding hydrogens is 411 g/mol. The number of carbonyl (C=O) groups is 2. The van der Waals surface area contributed by atoms with E-state index < -0.39 is 5.82 Å². The minimum absolute atomic E-state index is 0.000988. The summed E-state index contributed by atoms with van der Waals surface area (Å²) >= 11 is 5.63. The van der Waals surface area contributed by atoms with E-state index in [4.69, 9.17) is 21.1 Å². The molecular formula is C22H22ClFN2O4. The molecule has 0 atom stereocenters. The van der Waals surface area contributed by atoms with Gasteiger partial charge in [0.05, 0.1) is 11.6 Å². The molecule has 2 amide bonds. The first-order valence-electron chi connectivity index (χ1n) is 9.61. The first-order valence-corrected chi connectivity index (χ1v) is 9.99. The molecule has 6 nitrogen and oxygen atoms in total. The molecule has 2 aromatic carbocycles. The minimum Gasteiger partial charge on any atom is -0.484 e. The molecule has 30 heavy (non-hydrogen) atoms. The van der Waals surface area contributed by atoms with E-state index in [-0.39, 0.29) is 40.3 Å². The molecule has 3 aliphatic carbocycles. The van der Waals surface area contributed by atoms with Crippen LogP contribution in [0, 0.1) is 5.82 Å². The molecule has 2 N–H and O–H groups in total. The summed E-state index contributed by atoms with van der Waals surface area (Å²) in [4.78, 5) is 24.7. The van der Waals surface area contributed by atoms with E-state index in [0.29, 0.717) is 31.4 Å². The number of ether oxygens (including phenoxy) is 2. The molecule has 2 bridgehead atoms. The van der Waals surface area contributed by atoms with E-state index in [2.05, 4.69) is 10.6 Å². The lowest BCUT2D eigenvalue weighted by Crippen LogP contribution is -2.84. The van der Waals surface area contributed by atoms with Crippen LogP contribution in [0.4, 0.5) is 4.39 Å². The second kappa shape index (κ2) is 7.89. The smallest absolute Gasteiger partial charge is 0.258 e. The predicted molar refractivity (Wildman–Crippen MR) is 109 cm³/mol. The van der Waals surface area contributed by atoms with Gasteiger partial charge in [-0.05, 0) is 49.1 Å². The van der Waals surface area contributed by atoms with Gasteiger partial charge in [0.1, 0.15) is 11.6 Å². The fourth-order valence-corrected chi connectivity index (χ4v) is 4.45. The largest absolute Gasteiger partial charge is 0.484 e. The zero-order chi connectivity index (χ0) is 21.4. The molecule has 0 saturated heterocycles. The lowest BCUT2D eigenvalue weighted by atomic mass is 9.44. The summed E-state index contributed by atoms with van der Waals surface area (Å²) in [6.45, 7) is 0.292. The standard InChI is InChI=1S/C22H22ClFN2O4/c1-29-9-14-2-4-15(5-3-14)20(28)26-22-11-21(12-22,13-22)25-19(27)10-30-16-6-7-17(23)18(24)8-16/h2-8H,9-13H2,1H3,(H,25,27)(H,26,28). The van der Waals surface area contributed by atoms with Crippen LogP contribution in [0.15, 0.2) is 42.5 Å². The van der Waals surface area contributed by atoms with Crippen molar-refractivity contribution in [3.8, 4) is 5.75 Å². The quantitative estimate of drug-likeness (QED) is 0.671. The van der Waals surface area contributed by atoms with Crippen molar-refractivity contribution in [2.24, 2.45) is 0 Å². The number of amides is 2. The number of carbonyl (C=O) groups excluding carboxylic acids is 2. The van der Waals surface area contributed by atoms with Gasteiger partial charge in [0.15, 0.2) is 6.61 Å². The van der Waals surface area contributed by atoms with Crippen LogP contribution in [0.5, 0.6) is 5.75 Å². The highest BCUT2D eigenvalue weighted by atomic mass is 35.5. The lowest BCUT2D eigenvalue weighted by molar-refractivity contribution is -0.141. The fraction of sp³-hybridized carbons (Fsp3) is 0.364. The number of methoxy groups -OCH3 is 1. The van der Waals surface area contributed by atoms with Gasteiger partial charge in [0.2, 0.25) is 0 Å². The van der Waals surface area contributed by atoms with Crippen molar-refractivity contribution in [3.05, 3.63) is 64.4 Å².